The summed E-state index contributed by atoms with van der Waals surface area (Å²) in [7, 11) is 4.66. The van der Waals surface area contributed by atoms with Crippen molar-refractivity contribution < 1.29 is 4.48 Å². The van der Waals surface area contributed by atoms with Gasteiger partial charge in [-0.2, -0.15) is 0 Å². The van der Waals surface area contributed by atoms with E-state index in [-0.39, 0.29) is 0 Å². The van der Waals surface area contributed by atoms with Crippen LogP contribution < -0.4 is 5.32 Å². The van der Waals surface area contributed by atoms with Gasteiger partial charge in [0, 0.05) is 6.42 Å². The van der Waals surface area contributed by atoms with Crippen LogP contribution in [-0.4, -0.2) is 44.8 Å². The average Bonchev–Trinajstić information content (AvgIpc) is 2.17. The van der Waals surface area contributed by atoms with Gasteiger partial charge in [0.1, 0.15) is 0 Å². The largest absolute Gasteiger partial charge is 0.329 e. The predicted molar refractivity (Wildman–Crippen MR) is 57.7 cm³/mol. The summed E-state index contributed by atoms with van der Waals surface area (Å²) in [5, 5.41) is 3.48. The van der Waals surface area contributed by atoms with Gasteiger partial charge in [0.25, 0.3) is 0 Å². The molecular weight excluding hydrogens is 160 g/mol. The van der Waals surface area contributed by atoms with Crippen LogP contribution in [0.3, 0.4) is 0 Å². The zero-order valence-electron chi connectivity index (χ0n) is 9.47. The maximum Gasteiger partial charge on any atom is 0.0785 e. The lowest BCUT2D eigenvalue weighted by Gasteiger charge is -2.31. The number of piperidine rings is 1. The molecule has 1 fully saturated rings. The van der Waals surface area contributed by atoms with Crippen molar-refractivity contribution in [1.82, 2.24) is 5.32 Å². The first-order valence-corrected chi connectivity index (χ1v) is 5.67. The van der Waals surface area contributed by atoms with Crippen molar-refractivity contribution in [3.63, 3.8) is 0 Å². The number of hydrogen-bond donors (Lipinski definition) is 1. The van der Waals surface area contributed by atoms with Gasteiger partial charge in [0.15, 0.2) is 0 Å². The molecule has 13 heavy (non-hydrogen) atoms. The van der Waals surface area contributed by atoms with Crippen LogP contribution in [0.15, 0.2) is 0 Å². The molecule has 1 heterocycles. The van der Waals surface area contributed by atoms with Crippen molar-refractivity contribution in [3.8, 4) is 0 Å². The summed E-state index contributed by atoms with van der Waals surface area (Å²) in [6.45, 7) is 7.36. The van der Waals surface area contributed by atoms with Crippen LogP contribution in [0.1, 0.15) is 26.2 Å². The molecule has 1 rings (SSSR count). The molecule has 1 N–H and O–H groups in total. The first kappa shape index (κ1) is 11.0. The van der Waals surface area contributed by atoms with Crippen molar-refractivity contribution in [2.75, 3.05) is 40.3 Å². The summed E-state index contributed by atoms with van der Waals surface area (Å²) in [4.78, 5) is 0. The van der Waals surface area contributed by atoms with Gasteiger partial charge in [0.05, 0.1) is 27.2 Å². The highest BCUT2D eigenvalue weighted by Gasteiger charge is 2.18. The van der Waals surface area contributed by atoms with E-state index in [1.165, 1.54) is 49.9 Å². The quantitative estimate of drug-likeness (QED) is 0.654. The minimum Gasteiger partial charge on any atom is -0.329 e. The fraction of sp³-hybridized carbons (Fsp3) is 1.00. The Morgan fingerprint density at radius 3 is 2.69 bits per heavy atom. The summed E-state index contributed by atoms with van der Waals surface area (Å²) in [6.07, 6.45) is 4.22. The van der Waals surface area contributed by atoms with Crippen LogP contribution in [0.25, 0.3) is 0 Å². The maximum atomic E-state index is 3.48. The molecule has 0 radical (unpaired) electrons. The second kappa shape index (κ2) is 4.97. The molecule has 78 valence electrons. The minimum atomic E-state index is 0.942. The number of hydrogen-bond acceptors (Lipinski definition) is 1. The molecule has 1 unspecified atom stereocenters. The minimum absolute atomic E-state index is 0.942. The molecule has 0 bridgehead atoms. The molecule has 0 saturated carbocycles. The van der Waals surface area contributed by atoms with Gasteiger partial charge >= 0.3 is 0 Å². The van der Waals surface area contributed by atoms with Gasteiger partial charge in [-0.15, -0.1) is 0 Å². The highest BCUT2D eigenvalue weighted by atomic mass is 15.3. The Kier molecular flexibility index (Phi) is 4.20. The van der Waals surface area contributed by atoms with E-state index in [9.17, 15) is 0 Å². The normalized spacial score (nSPS) is 24.7. The van der Waals surface area contributed by atoms with Gasteiger partial charge in [-0.25, -0.2) is 0 Å². The summed E-state index contributed by atoms with van der Waals surface area (Å²) in [5.74, 6) is 0.942. The molecule has 0 spiro atoms. The molecule has 1 aliphatic heterocycles. The molecule has 1 aliphatic rings. The Hall–Kier alpha value is -0.0800. The fourth-order valence-corrected chi connectivity index (χ4v) is 1.86. The molecule has 0 aliphatic carbocycles. The zero-order chi connectivity index (χ0) is 9.73. The molecule has 0 aromatic rings. The number of quaternary nitrogens is 1. The molecule has 1 saturated heterocycles. The standard InChI is InChI=1S/C11H25N2/c1-4-13(2,3)9-7-11-6-5-8-12-10-11/h11-12H,4-10H2,1-3H3/q+1. The first-order valence-electron chi connectivity index (χ1n) is 5.67. The van der Waals surface area contributed by atoms with Gasteiger partial charge in [-0.05, 0) is 38.8 Å². The van der Waals surface area contributed by atoms with Crippen LogP contribution in [0.2, 0.25) is 0 Å². The number of rotatable bonds is 4. The topological polar surface area (TPSA) is 12.0 Å². The molecule has 0 aromatic heterocycles. The van der Waals surface area contributed by atoms with Gasteiger partial charge in [0.2, 0.25) is 0 Å². The van der Waals surface area contributed by atoms with E-state index in [1.807, 2.05) is 0 Å². The molecule has 0 aromatic carbocycles. The first-order chi connectivity index (χ1) is 6.14. The van der Waals surface area contributed by atoms with Crippen molar-refractivity contribution in [2.24, 2.45) is 5.92 Å². The molecule has 0 amide bonds. The third kappa shape index (κ3) is 4.10. The number of nitrogens with zero attached hydrogens (tertiary/aromatic N) is 1. The SMILES string of the molecule is CC[N+](C)(C)CCC1CCCNC1. The lowest BCUT2D eigenvalue weighted by Crippen LogP contribution is -2.42. The van der Waals surface area contributed by atoms with Crippen LogP contribution in [-0.2, 0) is 0 Å². The lowest BCUT2D eigenvalue weighted by molar-refractivity contribution is -0.889. The zero-order valence-corrected chi connectivity index (χ0v) is 9.47. The van der Waals surface area contributed by atoms with Gasteiger partial charge in [-0.1, -0.05) is 0 Å². The molecular formula is C11H25N2+. The van der Waals surface area contributed by atoms with Gasteiger partial charge < -0.3 is 9.80 Å². The van der Waals surface area contributed by atoms with E-state index in [0.717, 1.165) is 5.92 Å². The lowest BCUT2D eigenvalue weighted by atomic mass is 9.96. The Morgan fingerprint density at radius 1 is 1.38 bits per heavy atom. The second-order valence-corrected chi connectivity index (χ2v) is 4.98. The maximum absolute atomic E-state index is 3.48. The van der Waals surface area contributed by atoms with Crippen LogP contribution in [0.4, 0.5) is 0 Å². The molecule has 2 nitrogen and oxygen atoms in total. The fourth-order valence-electron chi connectivity index (χ4n) is 1.86. The van der Waals surface area contributed by atoms with E-state index in [2.05, 4.69) is 26.3 Å². The Bertz CT molecular complexity index is 137. The average molecular weight is 185 g/mol. The Balaban J connectivity index is 2.17. The second-order valence-electron chi connectivity index (χ2n) is 4.98. The van der Waals surface area contributed by atoms with Crippen LogP contribution in [0.5, 0.6) is 0 Å². The van der Waals surface area contributed by atoms with E-state index in [0.29, 0.717) is 0 Å². The monoisotopic (exact) mass is 185 g/mol. The van der Waals surface area contributed by atoms with Crippen molar-refractivity contribution in [3.05, 3.63) is 0 Å². The highest BCUT2D eigenvalue weighted by Crippen LogP contribution is 2.15. The molecule has 2 heteroatoms. The van der Waals surface area contributed by atoms with Crippen molar-refractivity contribution in [2.45, 2.75) is 26.2 Å². The summed E-state index contributed by atoms with van der Waals surface area (Å²) in [6, 6.07) is 0. The smallest absolute Gasteiger partial charge is 0.0785 e. The summed E-state index contributed by atoms with van der Waals surface area (Å²) >= 11 is 0. The highest BCUT2D eigenvalue weighted by molar-refractivity contribution is 4.68. The summed E-state index contributed by atoms with van der Waals surface area (Å²) in [5.41, 5.74) is 0. The van der Waals surface area contributed by atoms with E-state index < -0.39 is 0 Å². The van der Waals surface area contributed by atoms with E-state index in [4.69, 9.17) is 0 Å². The predicted octanol–water partition coefficient (Wildman–Crippen LogP) is 1.47. The summed E-state index contributed by atoms with van der Waals surface area (Å²) < 4.78 is 1.18. The van der Waals surface area contributed by atoms with Crippen LogP contribution in [0, 0.1) is 5.92 Å². The third-order valence-corrected chi connectivity index (χ3v) is 3.40. The van der Waals surface area contributed by atoms with Crippen molar-refractivity contribution in [1.29, 1.82) is 0 Å². The van der Waals surface area contributed by atoms with Crippen LogP contribution >= 0.6 is 0 Å². The van der Waals surface area contributed by atoms with E-state index in [1.54, 1.807) is 0 Å². The third-order valence-electron chi connectivity index (χ3n) is 3.40. The molecule has 1 atom stereocenters. The van der Waals surface area contributed by atoms with E-state index >= 15 is 0 Å². The van der Waals surface area contributed by atoms with Gasteiger partial charge in [-0.3, -0.25) is 0 Å². The van der Waals surface area contributed by atoms with Crippen molar-refractivity contribution >= 4 is 0 Å². The Labute approximate surface area is 82.9 Å². The Morgan fingerprint density at radius 2 is 2.15 bits per heavy atom. The number of nitrogens with one attached hydrogen (secondary N) is 1.